The number of esters is 2. The summed E-state index contributed by atoms with van der Waals surface area (Å²) >= 11 is 4.48. The molecule has 16 nitrogen and oxygen atoms in total. The molecule has 0 aliphatic heterocycles. The Labute approximate surface area is 277 Å². The van der Waals surface area contributed by atoms with Crippen LogP contribution in [0.4, 0.5) is 64.1 Å². The number of nitrogens with two attached hydrogens (primary N) is 3. The van der Waals surface area contributed by atoms with Gasteiger partial charge in [0, 0.05) is 0 Å². The van der Waals surface area contributed by atoms with Crippen LogP contribution in [0, 0.1) is 0 Å². The lowest BCUT2D eigenvalue weighted by molar-refractivity contribution is -0.277. The molecule has 0 saturated heterocycles. The van der Waals surface area contributed by atoms with E-state index in [1.165, 1.54) is 0 Å². The van der Waals surface area contributed by atoms with E-state index in [1.807, 2.05) is 0 Å². The lowest BCUT2D eigenvalue weighted by Gasteiger charge is -2.12. The number of amides is 3. The number of ether oxygens (including phenoxy) is 4. The number of rotatable bonds is 8. The average molecular weight is 787 g/mol. The number of nitrogens with one attached hydrogen (secondary N) is 1. The smallest absolute Gasteiger partial charge is 0.449 e. The number of anilines is 2. The topological polar surface area (TPSA) is 255 Å². The van der Waals surface area contributed by atoms with E-state index >= 15 is 0 Å². The van der Waals surface area contributed by atoms with Crippen molar-refractivity contribution < 1.29 is 100 Å². The van der Waals surface area contributed by atoms with Crippen LogP contribution in [0.3, 0.4) is 0 Å². The first-order valence-electron chi connectivity index (χ1n) is 11.8. The fraction of sp³-hybridized carbons (Fsp3) is 0.273. The van der Waals surface area contributed by atoms with Crippen LogP contribution in [-0.4, -0.2) is 83.2 Å². The van der Waals surface area contributed by atoms with E-state index in [0.717, 1.165) is 12.3 Å². The molecule has 284 valence electrons. The summed E-state index contributed by atoms with van der Waals surface area (Å²) in [6.45, 7) is -3.83. The molecule has 0 radical (unpaired) electrons. The van der Waals surface area contributed by atoms with E-state index in [-0.39, 0.29) is 5.69 Å². The third kappa shape index (κ3) is 20.3. The first-order chi connectivity index (χ1) is 22.9. The van der Waals surface area contributed by atoms with Crippen molar-refractivity contribution in [2.75, 3.05) is 24.3 Å². The number of nitrogen functional groups attached to an aromatic ring is 1. The van der Waals surface area contributed by atoms with Gasteiger partial charge in [0.15, 0.2) is 13.2 Å². The van der Waals surface area contributed by atoms with Gasteiger partial charge in [0.25, 0.3) is 11.8 Å². The van der Waals surface area contributed by atoms with Gasteiger partial charge in [-0.2, -0.15) is 26.3 Å². The highest BCUT2D eigenvalue weighted by atomic mass is 35.5. The maximum atomic E-state index is 12.1. The first-order valence-corrected chi connectivity index (χ1v) is 12.1. The summed E-state index contributed by atoms with van der Waals surface area (Å²) in [5.74, 6) is -9.97. The van der Waals surface area contributed by atoms with Crippen LogP contribution in [0.1, 0.15) is 20.7 Å². The highest BCUT2D eigenvalue weighted by molar-refractivity contribution is 6.80. The van der Waals surface area contributed by atoms with Crippen LogP contribution < -0.4 is 32.0 Å². The molecule has 2 rings (SSSR count). The lowest BCUT2D eigenvalue weighted by Crippen LogP contribution is -2.29. The molecule has 29 heteroatoms. The minimum Gasteiger partial charge on any atom is -0.449 e. The van der Waals surface area contributed by atoms with Crippen molar-refractivity contribution >= 4 is 57.9 Å². The molecule has 2 heterocycles. The Bertz CT molecular complexity index is 1600. The number of nitrogens with zero attached hydrogens (tertiary/aromatic N) is 2. The Hall–Kier alpha value is -5.83. The predicted octanol–water partition coefficient (Wildman–Crippen LogP) is 2.64. The summed E-state index contributed by atoms with van der Waals surface area (Å²) in [5, 5.41) is 0.101. The van der Waals surface area contributed by atoms with Crippen molar-refractivity contribution in [1.82, 2.24) is 9.97 Å². The zero-order chi connectivity index (χ0) is 40.1. The van der Waals surface area contributed by atoms with Gasteiger partial charge in [-0.1, -0.05) is 0 Å². The summed E-state index contributed by atoms with van der Waals surface area (Å²) in [6, 6.07) is 1.53. The molecule has 7 N–H and O–H groups in total. The van der Waals surface area contributed by atoms with E-state index in [4.69, 9.17) is 17.2 Å². The quantitative estimate of drug-likeness (QED) is 0.130. The fourth-order valence-corrected chi connectivity index (χ4v) is 2.38. The van der Waals surface area contributed by atoms with Crippen molar-refractivity contribution in [3.05, 3.63) is 35.7 Å². The van der Waals surface area contributed by atoms with Gasteiger partial charge in [0.05, 0.1) is 23.8 Å². The molecule has 0 unspecified atom stereocenters. The standard InChI is InChI=1S/C11H7F6N3O5.C7H6F3N3O2.C4H2ClF3O3/c12-10(13,14)3-24-9(23)7(22)20-4-1-5(6(18)21)8(19-2-4)25-11(15,16)17;8-7(9,10)15-6-4(5(12)14)1-3(11)2-13-6;5-2(9)3(10)11-1-4(6,7)8/h1-2H,3H2,(H2,18,21)(H,20,22);1-2H,11H2,(H2,12,14);1H2. The number of carbonyl (C=O) groups is 6. The molecule has 51 heavy (non-hydrogen) atoms. The number of pyridine rings is 2. The molecule has 0 fully saturated rings. The second-order valence-corrected chi connectivity index (χ2v) is 8.48. The molecule has 2 aromatic heterocycles. The van der Waals surface area contributed by atoms with Crippen molar-refractivity contribution in [3.8, 4) is 11.8 Å². The van der Waals surface area contributed by atoms with Crippen LogP contribution >= 0.6 is 11.6 Å². The molecule has 0 aromatic carbocycles. The summed E-state index contributed by atoms with van der Waals surface area (Å²) in [4.78, 5) is 70.3. The van der Waals surface area contributed by atoms with Crippen LogP contribution in [0.2, 0.25) is 0 Å². The summed E-state index contributed by atoms with van der Waals surface area (Å²) < 4.78 is 155. The average Bonchev–Trinajstić information content (AvgIpc) is 2.94. The Kier molecular flexibility index (Phi) is 16.2. The maximum Gasteiger partial charge on any atom is 0.574 e. The second-order valence-electron chi connectivity index (χ2n) is 8.13. The Morgan fingerprint density at radius 1 is 0.667 bits per heavy atom. The van der Waals surface area contributed by atoms with Gasteiger partial charge in [-0.3, -0.25) is 19.2 Å². The van der Waals surface area contributed by atoms with Gasteiger partial charge in [-0.25, -0.2) is 19.6 Å². The molecule has 0 spiro atoms. The first kappa shape index (κ1) is 45.2. The van der Waals surface area contributed by atoms with Crippen LogP contribution in [0.5, 0.6) is 11.8 Å². The molecule has 2 aromatic rings. The Morgan fingerprint density at radius 2 is 1.06 bits per heavy atom. The molecule has 0 saturated carbocycles. The molecule has 0 bridgehead atoms. The van der Waals surface area contributed by atoms with Gasteiger partial charge in [-0.15, -0.1) is 26.3 Å². The summed E-state index contributed by atoms with van der Waals surface area (Å²) in [7, 11) is 0. The highest BCUT2D eigenvalue weighted by Gasteiger charge is 2.35. The van der Waals surface area contributed by atoms with Crippen molar-refractivity contribution in [1.29, 1.82) is 0 Å². The van der Waals surface area contributed by atoms with E-state index in [2.05, 4.69) is 40.5 Å². The monoisotopic (exact) mass is 786 g/mol. The maximum absolute atomic E-state index is 12.1. The van der Waals surface area contributed by atoms with Gasteiger partial charge >= 0.3 is 48.2 Å². The van der Waals surface area contributed by atoms with Crippen molar-refractivity contribution in [2.45, 2.75) is 25.1 Å². The van der Waals surface area contributed by atoms with Crippen LogP contribution in [0.25, 0.3) is 0 Å². The van der Waals surface area contributed by atoms with E-state index in [9.17, 15) is 81.5 Å². The summed E-state index contributed by atoms with van der Waals surface area (Å²) in [5.41, 5.74) is 12.9. The number of halogens is 13. The van der Waals surface area contributed by atoms with Crippen LogP contribution in [0.15, 0.2) is 24.5 Å². The van der Waals surface area contributed by atoms with Gasteiger partial charge in [-0.05, 0) is 23.7 Å². The number of hydrogen-bond acceptors (Lipinski definition) is 13. The predicted molar refractivity (Wildman–Crippen MR) is 137 cm³/mol. The molecule has 0 aliphatic rings. The van der Waals surface area contributed by atoms with Crippen LogP contribution in [-0.2, 0) is 28.7 Å². The number of aromatic nitrogens is 2. The summed E-state index contributed by atoms with van der Waals surface area (Å²) in [6.07, 6.45) is -18.2. The van der Waals surface area contributed by atoms with Crippen molar-refractivity contribution in [2.24, 2.45) is 11.5 Å². The number of hydrogen-bond donors (Lipinski definition) is 4. The zero-order valence-electron chi connectivity index (χ0n) is 23.8. The van der Waals surface area contributed by atoms with E-state index in [1.54, 1.807) is 5.32 Å². The van der Waals surface area contributed by atoms with E-state index < -0.39 is 102 Å². The number of primary amides is 2. The Balaban J connectivity index is 0.000000814. The highest BCUT2D eigenvalue weighted by Crippen LogP contribution is 2.27. The zero-order valence-corrected chi connectivity index (χ0v) is 24.6. The molecule has 3 amide bonds. The molecule has 0 aliphatic carbocycles. The van der Waals surface area contributed by atoms with E-state index in [0.29, 0.717) is 12.3 Å². The second kappa shape index (κ2) is 18.2. The Morgan fingerprint density at radius 3 is 1.43 bits per heavy atom. The number of alkyl halides is 12. The van der Waals surface area contributed by atoms with Gasteiger partial charge in [0.1, 0.15) is 11.1 Å². The normalized spacial score (nSPS) is 11.3. The molecular formula is C22H15ClF12N6O10. The van der Waals surface area contributed by atoms with Gasteiger partial charge < -0.3 is 41.5 Å². The largest absolute Gasteiger partial charge is 0.574 e. The number of carbonyl (C=O) groups excluding carboxylic acids is 6. The minimum absolute atomic E-state index is 0.0123. The third-order valence-corrected chi connectivity index (χ3v) is 4.17. The van der Waals surface area contributed by atoms with Crippen molar-refractivity contribution in [3.63, 3.8) is 0 Å². The fourth-order valence-electron chi connectivity index (χ4n) is 2.32. The molecule has 0 atom stereocenters. The SMILES string of the molecule is NC(=O)c1cc(N)cnc1OC(F)(F)F.NC(=O)c1cc(NC(=O)C(=O)OCC(F)(F)F)cnc1OC(F)(F)F.O=C(Cl)C(=O)OCC(F)(F)F. The minimum atomic E-state index is -5.19. The lowest BCUT2D eigenvalue weighted by atomic mass is 10.2. The third-order valence-electron chi connectivity index (χ3n) is 4.02. The van der Waals surface area contributed by atoms with Gasteiger partial charge in [0.2, 0.25) is 11.8 Å². The molecular weight excluding hydrogens is 772 g/mol.